The molecule has 1 aromatic heterocycles. The Hall–Kier alpha value is -2.25. The van der Waals surface area contributed by atoms with Crippen molar-refractivity contribution in [3.8, 4) is 5.88 Å². The molecule has 0 spiro atoms. The molecule has 0 bridgehead atoms. The lowest BCUT2D eigenvalue weighted by atomic mass is 10.2. The van der Waals surface area contributed by atoms with Crippen LogP contribution in [0.1, 0.15) is 23.3 Å². The van der Waals surface area contributed by atoms with Gasteiger partial charge in [-0.05, 0) is 48.1 Å². The predicted molar refractivity (Wildman–Crippen MR) is 91.5 cm³/mol. The zero-order valence-corrected chi connectivity index (χ0v) is 13.7. The first kappa shape index (κ1) is 15.6. The Balaban J connectivity index is 1.91. The number of carboxylic acids is 1. The third kappa shape index (κ3) is 3.40. The minimum absolute atomic E-state index is 0.0523. The molecule has 2 N–H and O–H groups in total. The van der Waals surface area contributed by atoms with Crippen LogP contribution >= 0.6 is 23.6 Å². The average molecular weight is 346 g/mol. The number of hydrogen-bond acceptors (Lipinski definition) is 5. The summed E-state index contributed by atoms with van der Waals surface area (Å²) in [5, 5.41) is 20.9. The minimum Gasteiger partial charge on any atom is -0.493 e. The van der Waals surface area contributed by atoms with Gasteiger partial charge in [0.1, 0.15) is 0 Å². The van der Waals surface area contributed by atoms with Gasteiger partial charge in [-0.3, -0.25) is 14.4 Å². The summed E-state index contributed by atoms with van der Waals surface area (Å²) in [4.78, 5) is 15.5. The summed E-state index contributed by atoms with van der Waals surface area (Å²) in [5.74, 6) is -0.763. The molecule has 5 nitrogen and oxygen atoms in total. The highest BCUT2D eigenvalue weighted by molar-refractivity contribution is 7.73. The molecule has 0 aliphatic carbocycles. The van der Waals surface area contributed by atoms with E-state index in [0.717, 1.165) is 16.1 Å². The van der Waals surface area contributed by atoms with E-state index in [-0.39, 0.29) is 12.3 Å². The summed E-state index contributed by atoms with van der Waals surface area (Å²) >= 11 is 6.57. The van der Waals surface area contributed by atoms with Gasteiger partial charge >= 0.3 is 5.97 Å². The van der Waals surface area contributed by atoms with Crippen LogP contribution < -0.4 is 10.6 Å². The van der Waals surface area contributed by atoms with Crippen LogP contribution in [0.15, 0.2) is 29.4 Å². The van der Waals surface area contributed by atoms with Crippen LogP contribution in [-0.4, -0.2) is 20.7 Å². The van der Waals surface area contributed by atoms with Crippen molar-refractivity contribution in [2.24, 2.45) is 4.99 Å². The third-order valence-corrected chi connectivity index (χ3v) is 4.87. The molecular formula is C16H14N2O3S2. The first-order valence-corrected chi connectivity index (χ1v) is 8.27. The first-order valence-electron chi connectivity index (χ1n) is 7.05. The normalized spacial score (nSPS) is 13.1. The van der Waals surface area contributed by atoms with E-state index in [0.29, 0.717) is 21.8 Å². The summed E-state index contributed by atoms with van der Waals surface area (Å²) in [5.41, 5.74) is 1.04. The molecule has 0 saturated heterocycles. The van der Waals surface area contributed by atoms with Gasteiger partial charge in [-0.2, -0.15) is 0 Å². The van der Waals surface area contributed by atoms with E-state index in [9.17, 15) is 9.90 Å². The zero-order chi connectivity index (χ0) is 16.4. The minimum atomic E-state index is -0.852. The molecule has 1 aliphatic rings. The van der Waals surface area contributed by atoms with E-state index < -0.39 is 5.97 Å². The quantitative estimate of drug-likeness (QED) is 0.815. The van der Waals surface area contributed by atoms with Crippen LogP contribution in [0.3, 0.4) is 0 Å². The van der Waals surface area contributed by atoms with Crippen molar-refractivity contribution in [1.29, 1.82) is 0 Å². The highest BCUT2D eigenvalue weighted by Gasteiger charge is 2.10. The van der Waals surface area contributed by atoms with Crippen molar-refractivity contribution < 1.29 is 15.0 Å². The molecule has 23 heavy (non-hydrogen) atoms. The number of carboxylic acid groups (broad SMARTS) is 1. The molecule has 118 valence electrons. The van der Waals surface area contributed by atoms with Crippen LogP contribution in [0.5, 0.6) is 5.88 Å². The number of thiazole rings is 1. The molecule has 1 aromatic carbocycles. The Morgan fingerprint density at radius 3 is 3.04 bits per heavy atom. The lowest BCUT2D eigenvalue weighted by Gasteiger charge is -2.02. The number of hydrogen-bond donors (Lipinski definition) is 2. The van der Waals surface area contributed by atoms with Crippen molar-refractivity contribution in [3.05, 3.63) is 49.4 Å². The molecule has 3 rings (SSSR count). The maximum atomic E-state index is 10.6. The summed E-state index contributed by atoms with van der Waals surface area (Å²) in [6.45, 7) is 0.396. The lowest BCUT2D eigenvalue weighted by Crippen LogP contribution is -2.10. The monoisotopic (exact) mass is 346 g/mol. The third-order valence-electron chi connectivity index (χ3n) is 3.48. The number of aromatic hydroxyl groups is 1. The van der Waals surface area contributed by atoms with Gasteiger partial charge in [-0.1, -0.05) is 6.07 Å². The van der Waals surface area contributed by atoms with Crippen molar-refractivity contribution in [3.63, 3.8) is 0 Å². The van der Waals surface area contributed by atoms with Crippen LogP contribution in [0.2, 0.25) is 0 Å². The summed E-state index contributed by atoms with van der Waals surface area (Å²) in [6.07, 6.45) is 6.05. The maximum Gasteiger partial charge on any atom is 0.303 e. The number of rotatable bonds is 5. The fraction of sp³-hybridized carbons (Fsp3) is 0.188. The van der Waals surface area contributed by atoms with Crippen molar-refractivity contribution in [1.82, 2.24) is 4.57 Å². The molecule has 0 unspecified atom stereocenters. The molecule has 7 heteroatoms. The first-order chi connectivity index (χ1) is 11.0. The number of benzene rings is 1. The van der Waals surface area contributed by atoms with Crippen molar-refractivity contribution >= 4 is 41.7 Å². The van der Waals surface area contributed by atoms with E-state index in [4.69, 9.17) is 17.3 Å². The van der Waals surface area contributed by atoms with Gasteiger partial charge in [0.2, 0.25) is 5.88 Å². The Kier molecular flexibility index (Phi) is 4.40. The maximum absolute atomic E-state index is 10.6. The number of fused-ring (bicyclic) bond motifs is 1. The molecule has 2 heterocycles. The highest BCUT2D eigenvalue weighted by Crippen LogP contribution is 2.27. The Labute approximate surface area is 141 Å². The predicted octanol–water partition coefficient (Wildman–Crippen LogP) is 2.28. The van der Waals surface area contributed by atoms with Gasteiger partial charge in [-0.25, -0.2) is 0 Å². The molecule has 1 aliphatic heterocycles. The Bertz CT molecular complexity index is 970. The van der Waals surface area contributed by atoms with Gasteiger partial charge in [0.05, 0.1) is 10.2 Å². The van der Waals surface area contributed by atoms with E-state index in [1.807, 2.05) is 30.4 Å². The van der Waals surface area contributed by atoms with Gasteiger partial charge in [0.25, 0.3) is 0 Å². The van der Waals surface area contributed by atoms with Crippen LogP contribution in [0.25, 0.3) is 12.2 Å². The van der Waals surface area contributed by atoms with Crippen LogP contribution in [0.4, 0.5) is 0 Å². The highest BCUT2D eigenvalue weighted by atomic mass is 32.1. The molecule has 2 aromatic rings. The van der Waals surface area contributed by atoms with Gasteiger partial charge < -0.3 is 10.2 Å². The van der Waals surface area contributed by atoms with Crippen molar-refractivity contribution in [2.75, 3.05) is 0 Å². The van der Waals surface area contributed by atoms with Crippen LogP contribution in [0, 0.1) is 3.95 Å². The number of carbonyl (C=O) groups is 1. The van der Waals surface area contributed by atoms with E-state index in [1.54, 1.807) is 10.8 Å². The number of aliphatic carboxylic acids is 1. The van der Waals surface area contributed by atoms with Crippen LogP contribution in [-0.2, 0) is 11.3 Å². The topological polar surface area (TPSA) is 74.8 Å². The van der Waals surface area contributed by atoms with E-state index in [1.165, 1.54) is 11.3 Å². The SMILES string of the molecule is O=C(O)CCCn1c(O)c(C=c2ccc3c(c2)C=CN=3)sc1=S. The fourth-order valence-corrected chi connectivity index (χ4v) is 3.68. The fourth-order valence-electron chi connectivity index (χ4n) is 2.36. The zero-order valence-electron chi connectivity index (χ0n) is 12.1. The second kappa shape index (κ2) is 6.47. The molecule has 0 amide bonds. The Morgan fingerprint density at radius 1 is 1.43 bits per heavy atom. The standard InChI is InChI=1S/C16H14N2O3S2/c19-14(20)2-1-7-18-15(21)13(23-16(18)22)9-10-3-4-12-11(8-10)5-6-17-12/h3-6,8-9,21H,1-2,7H2,(H,19,20). The molecular weight excluding hydrogens is 332 g/mol. The Morgan fingerprint density at radius 2 is 2.26 bits per heavy atom. The largest absolute Gasteiger partial charge is 0.493 e. The molecule has 0 saturated carbocycles. The van der Waals surface area contributed by atoms with Gasteiger partial charge in [0.15, 0.2) is 3.95 Å². The molecule has 0 fully saturated rings. The molecule has 0 radical (unpaired) electrons. The number of nitrogens with zero attached hydrogens (tertiary/aromatic N) is 2. The van der Waals surface area contributed by atoms with Gasteiger partial charge in [0, 0.05) is 24.7 Å². The summed E-state index contributed by atoms with van der Waals surface area (Å²) in [6, 6.07) is 5.87. The second-order valence-corrected chi connectivity index (χ2v) is 6.79. The smallest absolute Gasteiger partial charge is 0.303 e. The second-order valence-electron chi connectivity index (χ2n) is 5.11. The van der Waals surface area contributed by atoms with Gasteiger partial charge in [-0.15, -0.1) is 11.3 Å². The van der Waals surface area contributed by atoms with E-state index >= 15 is 0 Å². The lowest BCUT2D eigenvalue weighted by molar-refractivity contribution is -0.137. The average Bonchev–Trinajstić information content (AvgIpc) is 3.06. The van der Waals surface area contributed by atoms with Crippen molar-refractivity contribution in [2.45, 2.75) is 19.4 Å². The summed E-state index contributed by atoms with van der Waals surface area (Å²) < 4.78 is 2.12. The molecule has 0 atom stereocenters. The summed E-state index contributed by atoms with van der Waals surface area (Å²) in [7, 11) is 0. The number of aromatic nitrogens is 1. The van der Waals surface area contributed by atoms with E-state index in [2.05, 4.69) is 4.99 Å².